The SMILES string of the molecule is O=C1c2ccccc2C(=O)N1[C@@H](COc1ccccc1)c1ccccc1. The minimum Gasteiger partial charge on any atom is -0.491 e. The molecule has 4 heteroatoms. The highest BCUT2D eigenvalue weighted by molar-refractivity contribution is 6.21. The molecule has 0 bridgehead atoms. The number of nitrogens with zero attached hydrogens (tertiary/aromatic N) is 1. The van der Waals surface area contributed by atoms with Gasteiger partial charge in [0, 0.05) is 0 Å². The van der Waals surface area contributed by atoms with Crippen molar-refractivity contribution in [2.45, 2.75) is 6.04 Å². The van der Waals surface area contributed by atoms with Gasteiger partial charge in [0.15, 0.2) is 0 Å². The standard InChI is InChI=1S/C22H17NO3/c24-21-18-13-7-8-14-19(18)22(25)23(21)20(16-9-3-1-4-10-16)15-26-17-11-5-2-6-12-17/h1-14,20H,15H2/t20-/m0/s1. The molecule has 0 saturated carbocycles. The van der Waals surface area contributed by atoms with E-state index in [9.17, 15) is 9.59 Å². The largest absolute Gasteiger partial charge is 0.491 e. The molecule has 0 unspecified atom stereocenters. The molecule has 0 spiro atoms. The third kappa shape index (κ3) is 2.86. The van der Waals surface area contributed by atoms with Crippen molar-refractivity contribution in [3.63, 3.8) is 0 Å². The summed E-state index contributed by atoms with van der Waals surface area (Å²) in [6.45, 7) is 0.194. The molecule has 1 atom stereocenters. The highest BCUT2D eigenvalue weighted by atomic mass is 16.5. The van der Waals surface area contributed by atoms with Crippen LogP contribution < -0.4 is 4.74 Å². The van der Waals surface area contributed by atoms with Crippen LogP contribution in [0.1, 0.15) is 32.3 Å². The van der Waals surface area contributed by atoms with Crippen molar-refractivity contribution in [2.75, 3.05) is 6.61 Å². The monoisotopic (exact) mass is 343 g/mol. The highest BCUT2D eigenvalue weighted by Crippen LogP contribution is 2.32. The summed E-state index contributed by atoms with van der Waals surface area (Å²) in [5.41, 5.74) is 1.74. The van der Waals surface area contributed by atoms with Gasteiger partial charge in [-0.3, -0.25) is 14.5 Å². The second kappa shape index (κ2) is 6.84. The molecule has 1 aliphatic rings. The van der Waals surface area contributed by atoms with Crippen LogP contribution in [0.3, 0.4) is 0 Å². The lowest BCUT2D eigenvalue weighted by Crippen LogP contribution is -2.37. The second-order valence-electron chi connectivity index (χ2n) is 6.08. The lowest BCUT2D eigenvalue weighted by Gasteiger charge is -2.26. The van der Waals surface area contributed by atoms with Gasteiger partial charge in [0.2, 0.25) is 0 Å². The van der Waals surface area contributed by atoms with Crippen LogP contribution in [0.4, 0.5) is 0 Å². The highest BCUT2D eigenvalue weighted by Gasteiger charge is 2.40. The Labute approximate surface area is 151 Å². The van der Waals surface area contributed by atoms with E-state index in [2.05, 4.69) is 0 Å². The molecule has 2 amide bonds. The van der Waals surface area contributed by atoms with Crippen molar-refractivity contribution < 1.29 is 14.3 Å². The van der Waals surface area contributed by atoms with Crippen molar-refractivity contribution in [3.05, 3.63) is 102 Å². The molecule has 0 fully saturated rings. The number of carbonyl (C=O) groups excluding carboxylic acids is 2. The van der Waals surface area contributed by atoms with E-state index < -0.39 is 6.04 Å². The fraction of sp³-hybridized carbons (Fsp3) is 0.0909. The molecule has 1 heterocycles. The van der Waals surface area contributed by atoms with Gasteiger partial charge in [0.05, 0.1) is 17.2 Å². The Morgan fingerprint density at radius 3 is 1.77 bits per heavy atom. The van der Waals surface area contributed by atoms with E-state index >= 15 is 0 Å². The van der Waals surface area contributed by atoms with Gasteiger partial charge in [-0.2, -0.15) is 0 Å². The van der Waals surface area contributed by atoms with E-state index in [0.29, 0.717) is 16.9 Å². The number of fused-ring (bicyclic) bond motifs is 1. The zero-order valence-corrected chi connectivity index (χ0v) is 14.0. The maximum atomic E-state index is 12.9. The summed E-state index contributed by atoms with van der Waals surface area (Å²) in [7, 11) is 0. The number of para-hydroxylation sites is 1. The van der Waals surface area contributed by atoms with Crippen LogP contribution in [0.25, 0.3) is 0 Å². The summed E-state index contributed by atoms with van der Waals surface area (Å²) in [5.74, 6) is 0.136. The number of amides is 2. The minimum atomic E-state index is -0.496. The Morgan fingerprint density at radius 1 is 0.692 bits per heavy atom. The lowest BCUT2D eigenvalue weighted by molar-refractivity contribution is 0.0529. The molecular weight excluding hydrogens is 326 g/mol. The van der Waals surface area contributed by atoms with Gasteiger partial charge in [-0.1, -0.05) is 60.7 Å². The molecule has 0 aliphatic carbocycles. The number of carbonyl (C=O) groups is 2. The first-order chi connectivity index (χ1) is 12.8. The summed E-state index contributed by atoms with van der Waals surface area (Å²) >= 11 is 0. The van der Waals surface area contributed by atoms with Crippen molar-refractivity contribution in [3.8, 4) is 5.75 Å². The van der Waals surface area contributed by atoms with E-state index in [1.54, 1.807) is 24.3 Å². The maximum absolute atomic E-state index is 12.9. The van der Waals surface area contributed by atoms with Crippen LogP contribution in [-0.4, -0.2) is 23.3 Å². The quantitative estimate of drug-likeness (QED) is 0.655. The van der Waals surface area contributed by atoms with Crippen LogP contribution in [0.5, 0.6) is 5.75 Å². The average molecular weight is 343 g/mol. The van der Waals surface area contributed by atoms with Crippen LogP contribution >= 0.6 is 0 Å². The van der Waals surface area contributed by atoms with Gasteiger partial charge < -0.3 is 4.74 Å². The van der Waals surface area contributed by atoms with Gasteiger partial charge in [-0.05, 0) is 29.8 Å². The summed E-state index contributed by atoms with van der Waals surface area (Å²) in [5, 5.41) is 0. The molecule has 128 valence electrons. The van der Waals surface area contributed by atoms with Gasteiger partial charge in [-0.25, -0.2) is 0 Å². The number of imide groups is 1. The first-order valence-corrected chi connectivity index (χ1v) is 8.45. The zero-order valence-electron chi connectivity index (χ0n) is 14.0. The molecule has 0 aromatic heterocycles. The molecular formula is C22H17NO3. The molecule has 1 aliphatic heterocycles. The van der Waals surface area contributed by atoms with Crippen molar-refractivity contribution >= 4 is 11.8 Å². The number of hydrogen-bond acceptors (Lipinski definition) is 3. The van der Waals surface area contributed by atoms with Gasteiger partial charge in [-0.15, -0.1) is 0 Å². The number of rotatable bonds is 5. The first kappa shape index (κ1) is 16.1. The van der Waals surface area contributed by atoms with Crippen LogP contribution in [0.2, 0.25) is 0 Å². The third-order valence-corrected chi connectivity index (χ3v) is 4.47. The Morgan fingerprint density at radius 2 is 1.19 bits per heavy atom. The predicted octanol–water partition coefficient (Wildman–Crippen LogP) is 4.10. The molecule has 4 rings (SSSR count). The third-order valence-electron chi connectivity index (χ3n) is 4.47. The van der Waals surface area contributed by atoms with E-state index in [1.165, 1.54) is 4.90 Å². The summed E-state index contributed by atoms with van der Waals surface area (Å²) in [6.07, 6.45) is 0. The second-order valence-corrected chi connectivity index (χ2v) is 6.08. The fourth-order valence-corrected chi connectivity index (χ4v) is 3.18. The normalized spacial score (nSPS) is 14.2. The number of benzene rings is 3. The minimum absolute atomic E-state index is 0.194. The molecule has 3 aromatic carbocycles. The van der Waals surface area contributed by atoms with Crippen LogP contribution in [-0.2, 0) is 0 Å². The van der Waals surface area contributed by atoms with Gasteiger partial charge in [0.1, 0.15) is 12.4 Å². The fourth-order valence-electron chi connectivity index (χ4n) is 3.18. The van der Waals surface area contributed by atoms with Crippen LogP contribution in [0, 0.1) is 0 Å². The zero-order chi connectivity index (χ0) is 17.9. The van der Waals surface area contributed by atoms with Crippen molar-refractivity contribution in [1.82, 2.24) is 4.90 Å². The average Bonchev–Trinajstić information content (AvgIpc) is 2.95. The van der Waals surface area contributed by atoms with E-state index in [0.717, 1.165) is 5.56 Å². The Hall–Kier alpha value is -3.40. The smallest absolute Gasteiger partial charge is 0.262 e. The molecule has 4 nitrogen and oxygen atoms in total. The predicted molar refractivity (Wildman–Crippen MR) is 98.1 cm³/mol. The first-order valence-electron chi connectivity index (χ1n) is 8.45. The Kier molecular flexibility index (Phi) is 4.23. The Bertz CT molecular complexity index is 903. The molecule has 0 saturated heterocycles. The number of hydrogen-bond donors (Lipinski definition) is 0. The summed E-state index contributed by atoms with van der Waals surface area (Å²) < 4.78 is 5.88. The lowest BCUT2D eigenvalue weighted by atomic mass is 10.1. The maximum Gasteiger partial charge on any atom is 0.262 e. The van der Waals surface area contributed by atoms with Crippen molar-refractivity contribution in [2.24, 2.45) is 0 Å². The van der Waals surface area contributed by atoms with E-state index in [1.807, 2.05) is 60.7 Å². The summed E-state index contributed by atoms with van der Waals surface area (Å²) in [4.78, 5) is 27.1. The van der Waals surface area contributed by atoms with Crippen molar-refractivity contribution in [1.29, 1.82) is 0 Å². The van der Waals surface area contributed by atoms with E-state index in [-0.39, 0.29) is 18.4 Å². The van der Waals surface area contributed by atoms with E-state index in [4.69, 9.17) is 4.74 Å². The molecule has 26 heavy (non-hydrogen) atoms. The Balaban J connectivity index is 1.68. The van der Waals surface area contributed by atoms with Gasteiger partial charge in [0.25, 0.3) is 11.8 Å². The number of ether oxygens (including phenoxy) is 1. The molecule has 3 aromatic rings. The van der Waals surface area contributed by atoms with Crippen LogP contribution in [0.15, 0.2) is 84.9 Å². The van der Waals surface area contributed by atoms with Gasteiger partial charge >= 0.3 is 0 Å². The molecule has 0 radical (unpaired) electrons. The topological polar surface area (TPSA) is 46.6 Å². The summed E-state index contributed by atoms with van der Waals surface area (Å²) in [6, 6.07) is 25.3. The molecule has 0 N–H and O–H groups in total.